The Kier molecular flexibility index (Phi) is 5.71. The van der Waals surface area contributed by atoms with Gasteiger partial charge in [-0.1, -0.05) is 0 Å². The predicted octanol–water partition coefficient (Wildman–Crippen LogP) is 1.28. The molecule has 0 aromatic carbocycles. The largest absolute Gasteiger partial charge is 0.444 e. The van der Waals surface area contributed by atoms with Crippen molar-refractivity contribution < 1.29 is 14.3 Å². The monoisotopic (exact) mass is 244 g/mol. The molecule has 0 aromatic rings. The summed E-state index contributed by atoms with van der Waals surface area (Å²) >= 11 is 0. The molecule has 1 aliphatic heterocycles. The van der Waals surface area contributed by atoms with Gasteiger partial charge in [0.25, 0.3) is 0 Å². The van der Waals surface area contributed by atoms with E-state index in [-0.39, 0.29) is 6.09 Å². The van der Waals surface area contributed by atoms with E-state index in [1.54, 1.807) is 0 Å². The van der Waals surface area contributed by atoms with Crippen molar-refractivity contribution >= 4 is 6.09 Å². The number of hydrogen-bond acceptors (Lipinski definition) is 4. The average molecular weight is 244 g/mol. The van der Waals surface area contributed by atoms with Crippen molar-refractivity contribution in [2.24, 2.45) is 0 Å². The van der Waals surface area contributed by atoms with Crippen LogP contribution in [0.5, 0.6) is 0 Å². The van der Waals surface area contributed by atoms with Gasteiger partial charge in [0.15, 0.2) is 0 Å². The maximum absolute atomic E-state index is 11.4. The van der Waals surface area contributed by atoms with Gasteiger partial charge < -0.3 is 20.1 Å². The number of hydrogen-bond donors (Lipinski definition) is 2. The van der Waals surface area contributed by atoms with Crippen molar-refractivity contribution in [2.75, 3.05) is 26.3 Å². The summed E-state index contributed by atoms with van der Waals surface area (Å²) in [5, 5.41) is 6.15. The summed E-state index contributed by atoms with van der Waals surface area (Å²) in [5.74, 6) is 0. The molecule has 100 valence electrons. The Balaban J connectivity index is 2.12. The molecule has 0 spiro atoms. The van der Waals surface area contributed by atoms with Crippen LogP contribution in [0.15, 0.2) is 0 Å². The van der Waals surface area contributed by atoms with Crippen molar-refractivity contribution in [1.29, 1.82) is 0 Å². The molecule has 1 heterocycles. The van der Waals surface area contributed by atoms with Gasteiger partial charge in [-0.3, -0.25) is 0 Å². The number of alkyl carbamates (subject to hydrolysis) is 1. The Bertz CT molecular complexity index is 230. The van der Waals surface area contributed by atoms with Crippen molar-refractivity contribution in [1.82, 2.24) is 10.6 Å². The van der Waals surface area contributed by atoms with Crippen LogP contribution in [0.25, 0.3) is 0 Å². The van der Waals surface area contributed by atoms with E-state index in [0.29, 0.717) is 12.6 Å². The van der Waals surface area contributed by atoms with Crippen molar-refractivity contribution in [3.63, 3.8) is 0 Å². The Hall–Kier alpha value is -0.810. The summed E-state index contributed by atoms with van der Waals surface area (Å²) in [7, 11) is 0. The summed E-state index contributed by atoms with van der Waals surface area (Å²) in [6, 6.07) is 0.424. The van der Waals surface area contributed by atoms with Crippen LogP contribution in [0.3, 0.4) is 0 Å². The number of rotatable bonds is 3. The highest BCUT2D eigenvalue weighted by molar-refractivity contribution is 5.67. The quantitative estimate of drug-likeness (QED) is 0.785. The third kappa shape index (κ3) is 7.18. The average Bonchev–Trinajstić information content (AvgIpc) is 2.43. The topological polar surface area (TPSA) is 59.6 Å². The van der Waals surface area contributed by atoms with Gasteiger partial charge in [0.05, 0.1) is 6.61 Å². The summed E-state index contributed by atoms with van der Waals surface area (Å²) < 4.78 is 10.5. The first-order chi connectivity index (χ1) is 7.97. The summed E-state index contributed by atoms with van der Waals surface area (Å²) in [5.41, 5.74) is -0.432. The number of carbonyl (C=O) groups is 1. The second-order valence-corrected chi connectivity index (χ2v) is 5.27. The van der Waals surface area contributed by atoms with Crippen LogP contribution >= 0.6 is 0 Å². The van der Waals surface area contributed by atoms with E-state index in [1.165, 1.54) is 0 Å². The minimum Gasteiger partial charge on any atom is -0.444 e. The number of amides is 1. The van der Waals surface area contributed by atoms with Crippen LogP contribution in [0.4, 0.5) is 4.79 Å². The van der Waals surface area contributed by atoms with E-state index >= 15 is 0 Å². The Morgan fingerprint density at radius 1 is 1.47 bits per heavy atom. The third-order valence-corrected chi connectivity index (χ3v) is 2.45. The molecule has 2 N–H and O–H groups in total. The third-order valence-electron chi connectivity index (χ3n) is 2.45. The Morgan fingerprint density at radius 2 is 2.24 bits per heavy atom. The standard InChI is InChI=1S/C12H24N2O3/c1-12(2,3)17-11(15)14-6-4-10-5-8-16-9-7-13-10/h10,13H,4-9H2,1-3H3,(H,14,15). The fourth-order valence-corrected chi connectivity index (χ4v) is 1.67. The highest BCUT2D eigenvalue weighted by atomic mass is 16.6. The fraction of sp³-hybridized carbons (Fsp3) is 0.917. The lowest BCUT2D eigenvalue weighted by molar-refractivity contribution is 0.0526. The first kappa shape index (κ1) is 14.3. The highest BCUT2D eigenvalue weighted by Crippen LogP contribution is 2.06. The molecule has 1 amide bonds. The molecule has 1 saturated heterocycles. The molecule has 0 aromatic heterocycles. The van der Waals surface area contributed by atoms with Gasteiger partial charge in [0.1, 0.15) is 5.60 Å². The van der Waals surface area contributed by atoms with E-state index in [0.717, 1.165) is 32.6 Å². The van der Waals surface area contributed by atoms with Crippen molar-refractivity contribution in [3.8, 4) is 0 Å². The van der Waals surface area contributed by atoms with E-state index in [2.05, 4.69) is 10.6 Å². The van der Waals surface area contributed by atoms with Crippen LogP contribution in [0.2, 0.25) is 0 Å². The SMILES string of the molecule is CC(C)(C)OC(=O)NCCC1CCOCCN1. The lowest BCUT2D eigenvalue weighted by Gasteiger charge is -2.20. The molecule has 1 rings (SSSR count). The van der Waals surface area contributed by atoms with Crippen molar-refractivity contribution in [3.05, 3.63) is 0 Å². The zero-order valence-electron chi connectivity index (χ0n) is 11.0. The number of ether oxygens (including phenoxy) is 2. The molecule has 5 nitrogen and oxygen atoms in total. The Labute approximate surface area is 103 Å². The molecule has 0 saturated carbocycles. The first-order valence-corrected chi connectivity index (χ1v) is 6.25. The second kappa shape index (κ2) is 6.81. The van der Waals surface area contributed by atoms with Gasteiger partial charge in [0.2, 0.25) is 0 Å². The number of carbonyl (C=O) groups excluding carboxylic acids is 1. The van der Waals surface area contributed by atoms with E-state index in [1.807, 2.05) is 20.8 Å². The predicted molar refractivity (Wildman–Crippen MR) is 66.1 cm³/mol. The normalized spacial score (nSPS) is 21.7. The number of nitrogens with one attached hydrogen (secondary N) is 2. The van der Waals surface area contributed by atoms with Crippen molar-refractivity contribution in [2.45, 2.75) is 45.3 Å². The molecule has 0 bridgehead atoms. The maximum Gasteiger partial charge on any atom is 0.407 e. The van der Waals surface area contributed by atoms with Crippen LogP contribution in [-0.2, 0) is 9.47 Å². The lowest BCUT2D eigenvalue weighted by atomic mass is 10.1. The van der Waals surface area contributed by atoms with Gasteiger partial charge >= 0.3 is 6.09 Å². The lowest BCUT2D eigenvalue weighted by Crippen LogP contribution is -2.37. The summed E-state index contributed by atoms with van der Waals surface area (Å²) in [6.07, 6.45) is 1.56. The van der Waals surface area contributed by atoms with Gasteiger partial charge in [0, 0.05) is 25.7 Å². The smallest absolute Gasteiger partial charge is 0.407 e. The van der Waals surface area contributed by atoms with E-state index < -0.39 is 5.60 Å². The van der Waals surface area contributed by atoms with Crippen LogP contribution in [-0.4, -0.2) is 44.0 Å². The highest BCUT2D eigenvalue weighted by Gasteiger charge is 2.16. The fourth-order valence-electron chi connectivity index (χ4n) is 1.67. The maximum atomic E-state index is 11.4. The molecule has 0 radical (unpaired) electrons. The molecule has 0 aliphatic carbocycles. The second-order valence-electron chi connectivity index (χ2n) is 5.27. The molecule has 1 atom stereocenters. The van der Waals surface area contributed by atoms with E-state index in [9.17, 15) is 4.79 Å². The summed E-state index contributed by atoms with van der Waals surface area (Å²) in [6.45, 7) is 8.66. The van der Waals surface area contributed by atoms with Gasteiger partial charge in [-0.2, -0.15) is 0 Å². The van der Waals surface area contributed by atoms with E-state index in [4.69, 9.17) is 9.47 Å². The molecule has 1 unspecified atom stereocenters. The zero-order chi connectivity index (χ0) is 12.7. The molecular formula is C12H24N2O3. The minimum absolute atomic E-state index is 0.345. The van der Waals surface area contributed by atoms with Gasteiger partial charge in [-0.15, -0.1) is 0 Å². The van der Waals surface area contributed by atoms with Crippen LogP contribution in [0.1, 0.15) is 33.6 Å². The Morgan fingerprint density at radius 3 is 2.94 bits per heavy atom. The molecule has 1 fully saturated rings. The van der Waals surface area contributed by atoms with Gasteiger partial charge in [-0.05, 0) is 33.6 Å². The zero-order valence-corrected chi connectivity index (χ0v) is 11.0. The molecular weight excluding hydrogens is 220 g/mol. The first-order valence-electron chi connectivity index (χ1n) is 6.25. The molecule has 1 aliphatic rings. The van der Waals surface area contributed by atoms with Gasteiger partial charge in [-0.25, -0.2) is 4.79 Å². The van der Waals surface area contributed by atoms with Crippen LogP contribution in [0, 0.1) is 0 Å². The minimum atomic E-state index is -0.432. The molecule has 5 heteroatoms. The summed E-state index contributed by atoms with van der Waals surface area (Å²) in [4.78, 5) is 11.4. The molecule has 17 heavy (non-hydrogen) atoms. The van der Waals surface area contributed by atoms with Crippen LogP contribution < -0.4 is 10.6 Å².